The molecule has 26 heavy (non-hydrogen) atoms. The lowest BCUT2D eigenvalue weighted by Crippen LogP contribution is -2.18. The van der Waals surface area contributed by atoms with Crippen molar-refractivity contribution in [2.45, 2.75) is 25.4 Å². The van der Waals surface area contributed by atoms with Crippen LogP contribution in [0.1, 0.15) is 22.0 Å². The number of aryl methyl sites for hydroxylation is 1. The Morgan fingerprint density at radius 1 is 1.31 bits per heavy atom. The lowest BCUT2D eigenvalue weighted by atomic mass is 10.4. The first-order chi connectivity index (χ1) is 12.1. The first-order valence-corrected chi connectivity index (χ1v) is 9.55. The van der Waals surface area contributed by atoms with Gasteiger partial charge in [0.25, 0.3) is 5.56 Å². The first kappa shape index (κ1) is 18.9. The van der Waals surface area contributed by atoms with Crippen LogP contribution in [0.2, 0.25) is 5.15 Å². The van der Waals surface area contributed by atoms with E-state index in [0.29, 0.717) is 16.6 Å². The molecule has 0 aliphatic rings. The molecule has 0 unspecified atom stereocenters. The van der Waals surface area contributed by atoms with Crippen LogP contribution in [0.25, 0.3) is 4.96 Å². The molecule has 0 saturated heterocycles. The maximum absolute atomic E-state index is 12.7. The highest BCUT2D eigenvalue weighted by Crippen LogP contribution is 2.30. The van der Waals surface area contributed by atoms with Crippen LogP contribution in [-0.4, -0.2) is 27.6 Å². The summed E-state index contributed by atoms with van der Waals surface area (Å²) in [7, 11) is -2.73. The zero-order valence-corrected chi connectivity index (χ0v) is 15.4. The number of alkyl halides is 3. The third-order valence-electron chi connectivity index (χ3n) is 3.47. The maximum atomic E-state index is 12.7. The Balaban J connectivity index is 2.03. The number of hydrogen-bond acceptors (Lipinski definition) is 6. The van der Waals surface area contributed by atoms with E-state index in [-0.39, 0.29) is 28.1 Å². The van der Waals surface area contributed by atoms with Gasteiger partial charge in [0.15, 0.2) is 10.7 Å². The molecule has 0 spiro atoms. The molecule has 0 atom stereocenters. The molecule has 3 aromatic heterocycles. The lowest BCUT2D eigenvalue weighted by molar-refractivity contribution is -0.141. The van der Waals surface area contributed by atoms with Gasteiger partial charge in [-0.3, -0.25) is 9.20 Å². The summed E-state index contributed by atoms with van der Waals surface area (Å²) in [6.07, 6.45) is -4.64. The zero-order valence-electron chi connectivity index (χ0n) is 12.9. The predicted octanol–water partition coefficient (Wildman–Crippen LogP) is 2.09. The van der Waals surface area contributed by atoms with Crippen LogP contribution in [0.3, 0.4) is 0 Å². The molecule has 0 amide bonds. The molecule has 0 N–H and O–H groups in total. The molecule has 0 saturated carbocycles. The van der Waals surface area contributed by atoms with Gasteiger partial charge in [-0.15, -0.1) is 11.3 Å². The fourth-order valence-electron chi connectivity index (χ4n) is 2.36. The highest BCUT2D eigenvalue weighted by atomic mass is 35.5. The van der Waals surface area contributed by atoms with E-state index in [1.807, 2.05) is 0 Å². The van der Waals surface area contributed by atoms with E-state index in [1.165, 1.54) is 4.40 Å². The average Bonchev–Trinajstić information content (AvgIpc) is 3.00. The number of rotatable bonds is 4. The minimum absolute atomic E-state index is 0.160. The predicted molar refractivity (Wildman–Crippen MR) is 89.4 cm³/mol. The molecule has 0 fully saturated rings. The van der Waals surface area contributed by atoms with Gasteiger partial charge in [-0.1, -0.05) is 11.6 Å². The summed E-state index contributed by atoms with van der Waals surface area (Å²) in [4.78, 5) is 17.4. The standard InChI is InChI=1S/C13H10ClF3N4O3S2/c1-6-8(5-26(23)24)21-11(22)2-7(18-12(21)25-6)4-20-10(14)3-9(19-20)13(15,16)17/h2-3,26H,4-5H2,1H3. The van der Waals surface area contributed by atoms with E-state index in [9.17, 15) is 26.4 Å². The van der Waals surface area contributed by atoms with Gasteiger partial charge in [0.2, 0.25) is 0 Å². The van der Waals surface area contributed by atoms with Gasteiger partial charge >= 0.3 is 6.18 Å². The van der Waals surface area contributed by atoms with E-state index >= 15 is 0 Å². The Morgan fingerprint density at radius 2 is 2.00 bits per heavy atom. The summed E-state index contributed by atoms with van der Waals surface area (Å²) in [5, 5.41) is 3.14. The van der Waals surface area contributed by atoms with Crippen molar-refractivity contribution >= 4 is 38.6 Å². The summed E-state index contributed by atoms with van der Waals surface area (Å²) in [5.41, 5.74) is -1.19. The van der Waals surface area contributed by atoms with Crippen LogP contribution in [0.5, 0.6) is 0 Å². The van der Waals surface area contributed by atoms with Gasteiger partial charge in [0.05, 0.1) is 23.7 Å². The Labute approximate surface area is 154 Å². The van der Waals surface area contributed by atoms with Crippen LogP contribution in [-0.2, 0) is 29.2 Å². The van der Waals surface area contributed by atoms with E-state index < -0.39 is 28.1 Å². The summed E-state index contributed by atoms with van der Waals surface area (Å²) < 4.78 is 62.1. The molecule has 0 aliphatic carbocycles. The largest absolute Gasteiger partial charge is 0.435 e. The molecule has 3 heterocycles. The summed E-state index contributed by atoms with van der Waals surface area (Å²) in [6, 6.07) is 1.80. The minimum atomic E-state index is -4.64. The zero-order chi connectivity index (χ0) is 19.2. The van der Waals surface area contributed by atoms with Crippen molar-refractivity contribution in [3.8, 4) is 0 Å². The van der Waals surface area contributed by atoms with Crippen LogP contribution in [0, 0.1) is 6.92 Å². The number of thiol groups is 1. The van der Waals surface area contributed by atoms with E-state index in [4.69, 9.17) is 11.6 Å². The van der Waals surface area contributed by atoms with Gasteiger partial charge in [-0.05, 0) is 6.92 Å². The fraction of sp³-hybridized carbons (Fsp3) is 0.308. The van der Waals surface area contributed by atoms with Crippen molar-refractivity contribution in [3.05, 3.63) is 49.6 Å². The number of fused-ring (bicyclic) bond motifs is 1. The molecular weight excluding hydrogens is 417 g/mol. The van der Waals surface area contributed by atoms with E-state index in [2.05, 4.69) is 10.1 Å². The Morgan fingerprint density at radius 3 is 2.58 bits per heavy atom. The molecule has 3 rings (SSSR count). The molecular formula is C13H10ClF3N4O3S2. The van der Waals surface area contributed by atoms with E-state index in [0.717, 1.165) is 22.1 Å². The molecule has 0 aliphatic heterocycles. The SMILES string of the molecule is Cc1sc2nc(Cn3nc(C(F)(F)F)cc3Cl)cc(=O)n2c1C[SH](=O)=O. The Bertz CT molecular complexity index is 1120. The molecule has 0 radical (unpaired) electrons. The summed E-state index contributed by atoms with van der Waals surface area (Å²) in [5.74, 6) is -0.304. The summed E-state index contributed by atoms with van der Waals surface area (Å²) in [6.45, 7) is 1.43. The van der Waals surface area contributed by atoms with Crippen LogP contribution in [0.4, 0.5) is 13.2 Å². The van der Waals surface area contributed by atoms with Crippen LogP contribution < -0.4 is 5.56 Å². The number of nitrogens with zero attached hydrogens (tertiary/aromatic N) is 4. The van der Waals surface area contributed by atoms with Crippen molar-refractivity contribution in [1.29, 1.82) is 0 Å². The van der Waals surface area contributed by atoms with Crippen molar-refractivity contribution in [2.75, 3.05) is 0 Å². The van der Waals surface area contributed by atoms with Crippen molar-refractivity contribution in [3.63, 3.8) is 0 Å². The highest BCUT2D eigenvalue weighted by molar-refractivity contribution is 7.71. The molecule has 0 bridgehead atoms. The molecule has 140 valence electrons. The van der Waals surface area contributed by atoms with Gasteiger partial charge in [0, 0.05) is 17.0 Å². The third-order valence-corrected chi connectivity index (χ3v) is 5.33. The quantitative estimate of drug-likeness (QED) is 0.646. The number of aromatic nitrogens is 4. The second kappa shape index (κ2) is 6.67. The maximum Gasteiger partial charge on any atom is 0.435 e. The van der Waals surface area contributed by atoms with Crippen LogP contribution >= 0.6 is 22.9 Å². The fourth-order valence-corrected chi connectivity index (χ4v) is 4.30. The lowest BCUT2D eigenvalue weighted by Gasteiger charge is -2.04. The third kappa shape index (κ3) is 3.62. The second-order valence-corrected chi connectivity index (χ2v) is 7.86. The molecule has 7 nitrogen and oxygen atoms in total. The normalized spacial score (nSPS) is 12.4. The van der Waals surface area contributed by atoms with Gasteiger partial charge in [-0.2, -0.15) is 18.3 Å². The Kier molecular flexibility index (Phi) is 4.84. The van der Waals surface area contributed by atoms with Crippen molar-refractivity contribution in [2.24, 2.45) is 0 Å². The second-order valence-electron chi connectivity index (χ2n) is 5.31. The van der Waals surface area contributed by atoms with Gasteiger partial charge in [0.1, 0.15) is 15.9 Å². The monoisotopic (exact) mass is 426 g/mol. The number of halogens is 4. The van der Waals surface area contributed by atoms with E-state index in [1.54, 1.807) is 6.92 Å². The van der Waals surface area contributed by atoms with Crippen molar-refractivity contribution < 1.29 is 21.6 Å². The topological polar surface area (TPSA) is 86.3 Å². The van der Waals surface area contributed by atoms with Gasteiger partial charge in [-0.25, -0.2) is 18.1 Å². The molecule has 3 aromatic rings. The van der Waals surface area contributed by atoms with Gasteiger partial charge < -0.3 is 0 Å². The first-order valence-electron chi connectivity index (χ1n) is 6.99. The summed E-state index contributed by atoms with van der Waals surface area (Å²) >= 11 is 6.89. The Hall–Kier alpha value is -1.92. The minimum Gasteiger partial charge on any atom is -0.269 e. The average molecular weight is 427 g/mol. The smallest absolute Gasteiger partial charge is 0.269 e. The number of hydrogen-bond donors (Lipinski definition) is 1. The number of thiazole rings is 1. The van der Waals surface area contributed by atoms with Crippen LogP contribution in [0.15, 0.2) is 16.9 Å². The van der Waals surface area contributed by atoms with Crippen molar-refractivity contribution in [1.82, 2.24) is 19.2 Å². The molecule has 13 heteroatoms. The molecule has 0 aromatic carbocycles. The highest BCUT2D eigenvalue weighted by Gasteiger charge is 2.34.